The fourth-order valence-electron chi connectivity index (χ4n) is 2.35. The van der Waals surface area contributed by atoms with E-state index in [4.69, 9.17) is 4.74 Å². The largest absolute Gasteiger partial charge is 0.508 e. The molecule has 0 atom stereocenters. The fraction of sp³-hybridized carbons (Fsp3) is 0.278. The minimum absolute atomic E-state index is 0.201. The second kappa shape index (κ2) is 5.60. The number of carbonyl (C=O) groups excluding carboxylic acids is 1. The van der Waals surface area contributed by atoms with E-state index in [1.165, 1.54) is 6.92 Å². The first-order valence-corrected chi connectivity index (χ1v) is 6.90. The predicted molar refractivity (Wildman–Crippen MR) is 82.7 cm³/mol. The maximum atomic E-state index is 11.1. The number of phenolic OH excluding ortho intramolecular Hbond substituents is 1. The molecule has 0 aliphatic heterocycles. The SMILES string of the molecule is CC(=O)Oc1ccc(C(C)(C)c2ccc(O)cc2)cc1C. The number of carbonyl (C=O) groups is 1. The maximum Gasteiger partial charge on any atom is 0.308 e. The summed E-state index contributed by atoms with van der Waals surface area (Å²) in [6, 6.07) is 13.1. The topological polar surface area (TPSA) is 46.5 Å². The molecule has 2 aromatic rings. The van der Waals surface area contributed by atoms with Crippen LogP contribution in [0.25, 0.3) is 0 Å². The van der Waals surface area contributed by atoms with Crippen LogP contribution in [0.3, 0.4) is 0 Å². The first kappa shape index (κ1) is 15.1. The minimum atomic E-state index is -0.316. The van der Waals surface area contributed by atoms with Crippen molar-refractivity contribution in [1.29, 1.82) is 0 Å². The van der Waals surface area contributed by atoms with Crippen molar-refractivity contribution >= 4 is 5.97 Å². The van der Waals surface area contributed by atoms with Crippen LogP contribution >= 0.6 is 0 Å². The van der Waals surface area contributed by atoms with Crippen molar-refractivity contribution in [2.24, 2.45) is 0 Å². The highest BCUT2D eigenvalue weighted by Crippen LogP contribution is 2.34. The quantitative estimate of drug-likeness (QED) is 0.685. The molecule has 0 saturated carbocycles. The summed E-state index contributed by atoms with van der Waals surface area (Å²) in [6.45, 7) is 7.57. The monoisotopic (exact) mass is 284 g/mol. The van der Waals surface area contributed by atoms with Gasteiger partial charge in [0.25, 0.3) is 0 Å². The molecule has 0 heterocycles. The Hall–Kier alpha value is -2.29. The Morgan fingerprint density at radius 3 is 2.14 bits per heavy atom. The predicted octanol–water partition coefficient (Wildman–Crippen LogP) is 3.95. The molecular weight excluding hydrogens is 264 g/mol. The minimum Gasteiger partial charge on any atom is -0.508 e. The van der Waals surface area contributed by atoms with Gasteiger partial charge in [-0.2, -0.15) is 0 Å². The smallest absolute Gasteiger partial charge is 0.308 e. The molecule has 0 amide bonds. The second-order valence-corrected chi connectivity index (χ2v) is 5.75. The highest BCUT2D eigenvalue weighted by molar-refractivity contribution is 5.69. The molecule has 21 heavy (non-hydrogen) atoms. The van der Waals surface area contributed by atoms with Crippen LogP contribution in [0, 0.1) is 6.92 Å². The number of rotatable bonds is 3. The van der Waals surface area contributed by atoms with Gasteiger partial charge in [0, 0.05) is 12.3 Å². The maximum absolute atomic E-state index is 11.1. The lowest BCUT2D eigenvalue weighted by Crippen LogP contribution is -2.19. The van der Waals surface area contributed by atoms with Crippen molar-refractivity contribution in [3.63, 3.8) is 0 Å². The van der Waals surface area contributed by atoms with Crippen LogP contribution in [0.2, 0.25) is 0 Å². The molecule has 0 aromatic heterocycles. The van der Waals surface area contributed by atoms with Crippen LogP contribution in [0.5, 0.6) is 11.5 Å². The molecule has 0 saturated heterocycles. The molecule has 0 radical (unpaired) electrons. The Labute approximate surface area is 125 Å². The van der Waals surface area contributed by atoms with Gasteiger partial charge in [-0.1, -0.05) is 38.1 Å². The van der Waals surface area contributed by atoms with Gasteiger partial charge in [-0.25, -0.2) is 0 Å². The Morgan fingerprint density at radius 1 is 1.05 bits per heavy atom. The molecule has 0 fully saturated rings. The highest BCUT2D eigenvalue weighted by atomic mass is 16.5. The van der Waals surface area contributed by atoms with Gasteiger partial charge in [0.2, 0.25) is 0 Å². The van der Waals surface area contributed by atoms with Crippen molar-refractivity contribution in [3.05, 3.63) is 59.2 Å². The highest BCUT2D eigenvalue weighted by Gasteiger charge is 2.23. The molecule has 0 aliphatic rings. The van der Waals surface area contributed by atoms with Gasteiger partial charge in [0.1, 0.15) is 11.5 Å². The summed E-state index contributed by atoms with van der Waals surface area (Å²) >= 11 is 0. The number of phenols is 1. The summed E-state index contributed by atoms with van der Waals surface area (Å²) in [5, 5.41) is 9.41. The third kappa shape index (κ3) is 3.24. The normalized spacial score (nSPS) is 11.2. The van der Waals surface area contributed by atoms with Crippen LogP contribution in [0.4, 0.5) is 0 Å². The van der Waals surface area contributed by atoms with Crippen molar-refractivity contribution in [3.8, 4) is 11.5 Å². The van der Waals surface area contributed by atoms with Gasteiger partial charge in [0.15, 0.2) is 0 Å². The van der Waals surface area contributed by atoms with E-state index in [0.29, 0.717) is 5.75 Å². The number of hydrogen-bond acceptors (Lipinski definition) is 3. The summed E-state index contributed by atoms with van der Waals surface area (Å²) < 4.78 is 5.16. The van der Waals surface area contributed by atoms with Crippen molar-refractivity contribution in [2.75, 3.05) is 0 Å². The summed E-state index contributed by atoms with van der Waals surface area (Å²) in [7, 11) is 0. The number of hydrogen-bond donors (Lipinski definition) is 1. The Kier molecular flexibility index (Phi) is 4.03. The van der Waals surface area contributed by atoms with Gasteiger partial charge >= 0.3 is 5.97 Å². The van der Waals surface area contributed by atoms with E-state index in [0.717, 1.165) is 16.7 Å². The van der Waals surface area contributed by atoms with Gasteiger partial charge in [-0.15, -0.1) is 0 Å². The lowest BCUT2D eigenvalue weighted by Gasteiger charge is -2.27. The molecular formula is C18H20O3. The van der Waals surface area contributed by atoms with Crippen LogP contribution in [0.1, 0.15) is 37.5 Å². The van der Waals surface area contributed by atoms with E-state index in [-0.39, 0.29) is 17.1 Å². The number of esters is 1. The molecule has 0 aliphatic carbocycles. The van der Waals surface area contributed by atoms with Crippen molar-refractivity contribution in [2.45, 2.75) is 33.1 Å². The Morgan fingerprint density at radius 2 is 1.62 bits per heavy atom. The zero-order valence-electron chi connectivity index (χ0n) is 12.8. The van der Waals surface area contributed by atoms with Crippen LogP contribution < -0.4 is 4.74 Å². The molecule has 3 heteroatoms. The summed E-state index contributed by atoms with van der Waals surface area (Å²) in [6.07, 6.45) is 0. The van der Waals surface area contributed by atoms with Gasteiger partial charge in [-0.3, -0.25) is 4.79 Å². The lowest BCUT2D eigenvalue weighted by atomic mass is 9.77. The third-order valence-corrected chi connectivity index (χ3v) is 3.74. The number of benzene rings is 2. The first-order chi connectivity index (χ1) is 9.80. The molecule has 0 spiro atoms. The Balaban J connectivity index is 2.38. The van der Waals surface area contributed by atoms with Crippen LogP contribution in [0.15, 0.2) is 42.5 Å². The molecule has 110 valence electrons. The molecule has 0 bridgehead atoms. The van der Waals surface area contributed by atoms with E-state index in [9.17, 15) is 9.90 Å². The number of aromatic hydroxyl groups is 1. The summed E-state index contributed by atoms with van der Waals surface area (Å²) in [5.41, 5.74) is 2.96. The van der Waals surface area contributed by atoms with Crippen LogP contribution in [-0.2, 0) is 10.2 Å². The van der Waals surface area contributed by atoms with Gasteiger partial charge in [-0.05, 0) is 41.8 Å². The summed E-state index contributed by atoms with van der Waals surface area (Å²) in [4.78, 5) is 11.1. The second-order valence-electron chi connectivity index (χ2n) is 5.75. The number of aryl methyl sites for hydroxylation is 1. The standard InChI is InChI=1S/C18H20O3/c1-12-11-15(7-10-17(12)21-13(2)19)18(3,4)14-5-8-16(20)9-6-14/h5-11,20H,1-4H3. The zero-order valence-corrected chi connectivity index (χ0v) is 12.8. The van der Waals surface area contributed by atoms with Gasteiger partial charge < -0.3 is 9.84 Å². The van der Waals surface area contributed by atoms with E-state index >= 15 is 0 Å². The number of ether oxygens (including phenoxy) is 1. The molecule has 2 aromatic carbocycles. The molecule has 1 N–H and O–H groups in total. The fourth-order valence-corrected chi connectivity index (χ4v) is 2.35. The van der Waals surface area contributed by atoms with E-state index < -0.39 is 0 Å². The average molecular weight is 284 g/mol. The van der Waals surface area contributed by atoms with Crippen LogP contribution in [-0.4, -0.2) is 11.1 Å². The average Bonchev–Trinajstić information content (AvgIpc) is 2.41. The van der Waals surface area contributed by atoms with Gasteiger partial charge in [0.05, 0.1) is 0 Å². The van der Waals surface area contributed by atoms with E-state index in [2.05, 4.69) is 13.8 Å². The lowest BCUT2D eigenvalue weighted by molar-refractivity contribution is -0.131. The van der Waals surface area contributed by atoms with Crippen molar-refractivity contribution < 1.29 is 14.6 Å². The Bertz CT molecular complexity index is 655. The van der Waals surface area contributed by atoms with Crippen molar-refractivity contribution in [1.82, 2.24) is 0 Å². The molecule has 3 nitrogen and oxygen atoms in total. The molecule has 0 unspecified atom stereocenters. The van der Waals surface area contributed by atoms with E-state index in [1.54, 1.807) is 12.1 Å². The third-order valence-electron chi connectivity index (χ3n) is 3.74. The first-order valence-electron chi connectivity index (χ1n) is 6.90. The molecule has 2 rings (SSSR count). The summed E-state index contributed by atoms with van der Waals surface area (Å²) in [5.74, 6) is 0.535. The zero-order chi connectivity index (χ0) is 15.6. The van der Waals surface area contributed by atoms with E-state index in [1.807, 2.05) is 37.3 Å².